The van der Waals surface area contributed by atoms with Gasteiger partial charge in [0.15, 0.2) is 12.6 Å². The molecule has 0 heterocycles. The molecule has 0 aliphatic carbocycles. The van der Waals surface area contributed by atoms with Crippen molar-refractivity contribution in [2.24, 2.45) is 0 Å². The first-order chi connectivity index (χ1) is 12.0. The summed E-state index contributed by atoms with van der Waals surface area (Å²) < 4.78 is 34.3. The number of rotatable bonds is 14. The van der Waals surface area contributed by atoms with Crippen molar-refractivity contribution in [3.8, 4) is 0 Å². The van der Waals surface area contributed by atoms with Gasteiger partial charge in [-0.05, 0) is 46.6 Å². The predicted octanol–water partition coefficient (Wildman–Crippen LogP) is 3.52. The van der Waals surface area contributed by atoms with Crippen LogP contribution in [-0.2, 0) is 33.6 Å². The Morgan fingerprint density at radius 3 is 1.92 bits per heavy atom. The Bertz CT molecular complexity index is 427. The Morgan fingerprint density at radius 1 is 0.840 bits per heavy atom. The van der Waals surface area contributed by atoms with Gasteiger partial charge in [0.2, 0.25) is 0 Å². The molecule has 144 valence electrons. The summed E-state index contributed by atoms with van der Waals surface area (Å²) in [6.07, 6.45) is -0.141. The Balaban J connectivity index is 2.42. The van der Waals surface area contributed by atoms with Gasteiger partial charge in [0.1, 0.15) is 0 Å². The second kappa shape index (κ2) is 12.5. The van der Waals surface area contributed by atoms with E-state index in [0.29, 0.717) is 26.4 Å². The summed E-state index contributed by atoms with van der Waals surface area (Å²) in [6, 6.07) is 10.2. The summed E-state index contributed by atoms with van der Waals surface area (Å²) in [6.45, 7) is 11.2. The zero-order valence-corrected chi connectivity index (χ0v) is 17.0. The zero-order chi connectivity index (χ0) is 18.5. The van der Waals surface area contributed by atoms with Gasteiger partial charge in [-0.1, -0.05) is 30.3 Å². The van der Waals surface area contributed by atoms with Crippen LogP contribution in [0, 0.1) is 0 Å². The van der Waals surface area contributed by atoms with E-state index in [1.54, 1.807) is 6.92 Å². The predicted molar refractivity (Wildman–Crippen MR) is 97.8 cm³/mol. The molecule has 7 heteroatoms. The molecule has 0 amide bonds. The molecule has 25 heavy (non-hydrogen) atoms. The molecule has 0 saturated carbocycles. The van der Waals surface area contributed by atoms with E-state index in [-0.39, 0.29) is 0 Å². The lowest BCUT2D eigenvalue weighted by molar-refractivity contribution is -0.226. The third-order valence-electron chi connectivity index (χ3n) is 3.24. The maximum absolute atomic E-state index is 5.86. The fraction of sp³-hybridized carbons (Fsp3) is 0.667. The molecule has 0 aliphatic heterocycles. The van der Waals surface area contributed by atoms with Crippen LogP contribution in [0.2, 0.25) is 0 Å². The highest BCUT2D eigenvalue weighted by Crippen LogP contribution is 2.16. The number of benzene rings is 1. The second-order valence-corrected chi connectivity index (χ2v) is 7.40. The smallest absolute Gasteiger partial charge is 0.353 e. The third kappa shape index (κ3) is 8.91. The molecule has 0 saturated heterocycles. The first kappa shape index (κ1) is 22.2. The first-order valence-corrected chi connectivity index (χ1v) is 10.6. The van der Waals surface area contributed by atoms with Crippen LogP contribution in [-0.4, -0.2) is 48.1 Å². The van der Waals surface area contributed by atoms with Crippen molar-refractivity contribution >= 4 is 9.05 Å². The summed E-state index contributed by atoms with van der Waals surface area (Å²) in [4.78, 5) is 0. The standard InChI is InChI=1S/C18H32O6Si/c1-6-20-25(21-7-2,22-8-3)24-17(5)23-16(4)19-15-14-18-12-10-9-11-13-18/h9-13,16-17H,6-8,14-15H2,1-5H3. The Hall–Kier alpha value is -0.803. The Labute approximate surface area is 152 Å². The van der Waals surface area contributed by atoms with Crippen molar-refractivity contribution in [2.45, 2.75) is 53.6 Å². The largest absolute Gasteiger partial charge is 0.681 e. The van der Waals surface area contributed by atoms with E-state index in [1.165, 1.54) is 5.56 Å². The monoisotopic (exact) mass is 372 g/mol. The molecule has 1 aromatic rings. The van der Waals surface area contributed by atoms with Crippen molar-refractivity contribution < 1.29 is 27.2 Å². The molecule has 0 fully saturated rings. The quantitative estimate of drug-likeness (QED) is 0.368. The lowest BCUT2D eigenvalue weighted by atomic mass is 10.2. The highest BCUT2D eigenvalue weighted by molar-refractivity contribution is 6.53. The average Bonchev–Trinajstić information content (AvgIpc) is 2.56. The zero-order valence-electron chi connectivity index (χ0n) is 16.0. The molecular formula is C18H32O6Si. The van der Waals surface area contributed by atoms with E-state index in [2.05, 4.69) is 12.1 Å². The fourth-order valence-electron chi connectivity index (χ4n) is 2.29. The SMILES string of the molecule is CCO[Si](OCC)(OCC)OC(C)OC(C)OCCc1ccccc1. The minimum absolute atomic E-state index is 0.407. The second-order valence-electron chi connectivity index (χ2n) is 5.29. The van der Waals surface area contributed by atoms with E-state index in [1.807, 2.05) is 45.9 Å². The normalized spacial score (nSPS) is 14.4. The van der Waals surface area contributed by atoms with Gasteiger partial charge in [0.25, 0.3) is 0 Å². The summed E-state index contributed by atoms with van der Waals surface area (Å²) in [5.74, 6) is 0. The van der Waals surface area contributed by atoms with Gasteiger partial charge in [-0.3, -0.25) is 0 Å². The minimum atomic E-state index is -3.19. The van der Waals surface area contributed by atoms with Crippen LogP contribution in [0.15, 0.2) is 30.3 Å². The minimum Gasteiger partial charge on any atom is -0.353 e. The lowest BCUT2D eigenvalue weighted by Gasteiger charge is -2.30. The molecule has 2 atom stereocenters. The van der Waals surface area contributed by atoms with Crippen LogP contribution in [0.4, 0.5) is 0 Å². The van der Waals surface area contributed by atoms with Gasteiger partial charge < -0.3 is 27.2 Å². The van der Waals surface area contributed by atoms with Gasteiger partial charge in [0, 0.05) is 19.8 Å². The van der Waals surface area contributed by atoms with E-state index in [9.17, 15) is 0 Å². The summed E-state index contributed by atoms with van der Waals surface area (Å²) >= 11 is 0. The molecule has 1 rings (SSSR count). The summed E-state index contributed by atoms with van der Waals surface area (Å²) in [5, 5.41) is 0. The average molecular weight is 373 g/mol. The van der Waals surface area contributed by atoms with Gasteiger partial charge in [0.05, 0.1) is 6.61 Å². The Morgan fingerprint density at radius 2 is 1.40 bits per heavy atom. The van der Waals surface area contributed by atoms with E-state index in [0.717, 1.165) is 6.42 Å². The van der Waals surface area contributed by atoms with Crippen LogP contribution in [0.5, 0.6) is 0 Å². The van der Waals surface area contributed by atoms with Gasteiger partial charge in [-0.25, -0.2) is 0 Å². The van der Waals surface area contributed by atoms with Crippen LogP contribution in [0.25, 0.3) is 0 Å². The molecular weight excluding hydrogens is 340 g/mol. The molecule has 0 spiro atoms. The molecule has 6 nitrogen and oxygen atoms in total. The fourth-order valence-corrected chi connectivity index (χ4v) is 4.26. The maximum Gasteiger partial charge on any atom is 0.681 e. The van der Waals surface area contributed by atoms with Gasteiger partial charge in [-0.2, -0.15) is 0 Å². The molecule has 0 aromatic heterocycles. The third-order valence-corrected chi connectivity index (χ3v) is 5.79. The van der Waals surface area contributed by atoms with Crippen molar-refractivity contribution in [1.82, 2.24) is 0 Å². The molecule has 0 radical (unpaired) electrons. The van der Waals surface area contributed by atoms with Crippen molar-refractivity contribution in [3.63, 3.8) is 0 Å². The number of hydrogen-bond acceptors (Lipinski definition) is 6. The van der Waals surface area contributed by atoms with Crippen LogP contribution >= 0.6 is 0 Å². The molecule has 2 unspecified atom stereocenters. The van der Waals surface area contributed by atoms with Gasteiger partial charge in [-0.15, -0.1) is 0 Å². The van der Waals surface area contributed by atoms with E-state index < -0.39 is 21.6 Å². The van der Waals surface area contributed by atoms with Crippen LogP contribution in [0.1, 0.15) is 40.2 Å². The first-order valence-electron chi connectivity index (χ1n) is 8.95. The van der Waals surface area contributed by atoms with Gasteiger partial charge >= 0.3 is 9.05 Å². The van der Waals surface area contributed by atoms with Crippen molar-refractivity contribution in [1.29, 1.82) is 0 Å². The van der Waals surface area contributed by atoms with Crippen molar-refractivity contribution in [2.75, 3.05) is 26.4 Å². The Kier molecular flexibility index (Phi) is 11.1. The summed E-state index contributed by atoms with van der Waals surface area (Å²) in [7, 11) is -3.19. The molecule has 0 N–H and O–H groups in total. The number of ether oxygens (including phenoxy) is 2. The highest BCUT2D eigenvalue weighted by atomic mass is 28.4. The number of hydrogen-bond donors (Lipinski definition) is 0. The van der Waals surface area contributed by atoms with Crippen LogP contribution < -0.4 is 0 Å². The topological polar surface area (TPSA) is 55.4 Å². The molecule has 0 aliphatic rings. The van der Waals surface area contributed by atoms with Crippen LogP contribution in [0.3, 0.4) is 0 Å². The summed E-state index contributed by atoms with van der Waals surface area (Å²) in [5.41, 5.74) is 1.23. The molecule has 1 aromatic carbocycles. The van der Waals surface area contributed by atoms with E-state index in [4.69, 9.17) is 27.2 Å². The molecule has 0 bridgehead atoms. The maximum atomic E-state index is 5.86. The van der Waals surface area contributed by atoms with E-state index >= 15 is 0 Å². The van der Waals surface area contributed by atoms with Crippen molar-refractivity contribution in [3.05, 3.63) is 35.9 Å². The highest BCUT2D eigenvalue weighted by Gasteiger charge is 2.46. The lowest BCUT2D eigenvalue weighted by Crippen LogP contribution is -2.52.